The van der Waals surface area contributed by atoms with Crippen LogP contribution < -0.4 is 22.3 Å². The number of rotatable bonds is 11. The fourth-order valence-electron chi connectivity index (χ4n) is 4.04. The first-order chi connectivity index (χ1) is 17.2. The van der Waals surface area contributed by atoms with Gasteiger partial charge in [0.15, 0.2) is 6.61 Å². The van der Waals surface area contributed by atoms with Gasteiger partial charge >= 0.3 is 0 Å². The number of hydroxylamine groups is 1. The molecule has 0 aliphatic carbocycles. The minimum atomic E-state index is -0.933. The molecule has 0 spiro atoms. The first-order valence-electron chi connectivity index (χ1n) is 11.6. The van der Waals surface area contributed by atoms with Gasteiger partial charge in [0.2, 0.25) is 17.7 Å². The van der Waals surface area contributed by atoms with Crippen LogP contribution in [0.3, 0.4) is 0 Å². The molecule has 1 fully saturated rings. The van der Waals surface area contributed by atoms with Gasteiger partial charge in [-0.3, -0.25) is 24.0 Å². The second-order valence-corrected chi connectivity index (χ2v) is 8.63. The van der Waals surface area contributed by atoms with Gasteiger partial charge < -0.3 is 26.8 Å². The van der Waals surface area contributed by atoms with E-state index in [1.165, 1.54) is 17.0 Å². The monoisotopic (exact) mass is 497 g/mol. The van der Waals surface area contributed by atoms with Crippen molar-refractivity contribution in [1.82, 2.24) is 15.7 Å². The predicted octanol–water partition coefficient (Wildman–Crippen LogP) is -0.486. The Morgan fingerprint density at radius 2 is 1.69 bits per heavy atom. The Balaban J connectivity index is 1.46. The number of benzene rings is 2. The van der Waals surface area contributed by atoms with Gasteiger partial charge in [-0.1, -0.05) is 42.5 Å². The van der Waals surface area contributed by atoms with Crippen molar-refractivity contribution in [3.63, 3.8) is 0 Å². The summed E-state index contributed by atoms with van der Waals surface area (Å²) in [4.78, 5) is 55.9. The molecule has 11 heteroatoms. The van der Waals surface area contributed by atoms with Gasteiger partial charge in [0.05, 0.1) is 6.04 Å². The summed E-state index contributed by atoms with van der Waals surface area (Å²) in [5, 5.41) is 11.9. The number of primary amides is 1. The highest BCUT2D eigenvalue weighted by atomic mass is 16.7. The summed E-state index contributed by atoms with van der Waals surface area (Å²) in [7, 11) is 0. The smallest absolute Gasteiger partial charge is 0.266 e. The second-order valence-electron chi connectivity index (χ2n) is 8.63. The van der Waals surface area contributed by atoms with Crippen LogP contribution in [0.1, 0.15) is 24.0 Å². The first kappa shape index (κ1) is 26.6. The number of nitrogens with zero attached hydrogens (tertiary/aromatic N) is 1. The number of hydrogen-bond donors (Lipinski definition) is 5. The molecule has 0 aromatic heterocycles. The minimum Gasteiger partial charge on any atom is -0.508 e. The lowest BCUT2D eigenvalue weighted by Gasteiger charge is -2.26. The Labute approximate surface area is 208 Å². The lowest BCUT2D eigenvalue weighted by Crippen LogP contribution is -2.52. The van der Waals surface area contributed by atoms with Gasteiger partial charge in [-0.25, -0.2) is 5.48 Å². The van der Waals surface area contributed by atoms with E-state index in [2.05, 4.69) is 10.8 Å². The molecule has 1 aliphatic heterocycles. The standard InChI is InChI=1S/C25H31N5O6/c26-19(13-17-8-10-18(31)11-9-17)25(35)30-12-4-7-21(30)24(34)29-36-15-22(32)28-20(23(27)33)14-16-5-2-1-3-6-16/h1-3,5-6,8-11,19-21,31H,4,7,12-15,26H2,(H2,27,33)(H,28,32)(H,29,34). The zero-order chi connectivity index (χ0) is 26.1. The van der Waals surface area contributed by atoms with E-state index >= 15 is 0 Å². The summed E-state index contributed by atoms with van der Waals surface area (Å²) in [6.07, 6.45) is 1.53. The predicted molar refractivity (Wildman–Crippen MR) is 130 cm³/mol. The Hall–Kier alpha value is -3.96. The molecule has 1 aliphatic rings. The number of nitrogens with two attached hydrogens (primary N) is 2. The Kier molecular flexibility index (Phi) is 9.37. The Morgan fingerprint density at radius 1 is 1.03 bits per heavy atom. The van der Waals surface area contributed by atoms with E-state index in [9.17, 15) is 24.3 Å². The summed E-state index contributed by atoms with van der Waals surface area (Å²) in [5.41, 5.74) is 15.3. The highest BCUT2D eigenvalue weighted by molar-refractivity contribution is 5.90. The van der Waals surface area contributed by atoms with Crippen LogP contribution in [0.25, 0.3) is 0 Å². The summed E-state index contributed by atoms with van der Waals surface area (Å²) < 4.78 is 0. The average molecular weight is 498 g/mol. The van der Waals surface area contributed by atoms with Crippen molar-refractivity contribution >= 4 is 23.6 Å². The zero-order valence-corrected chi connectivity index (χ0v) is 19.8. The van der Waals surface area contributed by atoms with Crippen LogP contribution in [0.15, 0.2) is 54.6 Å². The van der Waals surface area contributed by atoms with E-state index < -0.39 is 42.5 Å². The van der Waals surface area contributed by atoms with Crippen LogP contribution in [-0.2, 0) is 36.9 Å². The van der Waals surface area contributed by atoms with E-state index in [0.717, 1.165) is 11.1 Å². The number of aromatic hydroxyl groups is 1. The molecule has 3 unspecified atom stereocenters. The van der Waals surface area contributed by atoms with Crippen LogP contribution in [0.4, 0.5) is 0 Å². The molecule has 0 bridgehead atoms. The highest BCUT2D eigenvalue weighted by Gasteiger charge is 2.36. The number of likely N-dealkylation sites (tertiary alicyclic amines) is 1. The lowest BCUT2D eigenvalue weighted by atomic mass is 10.0. The summed E-state index contributed by atoms with van der Waals surface area (Å²) in [6.45, 7) is -0.161. The Morgan fingerprint density at radius 3 is 2.36 bits per heavy atom. The molecular formula is C25H31N5O6. The maximum Gasteiger partial charge on any atom is 0.266 e. The fourth-order valence-corrected chi connectivity index (χ4v) is 4.04. The van der Waals surface area contributed by atoms with E-state index in [-0.39, 0.29) is 24.5 Å². The van der Waals surface area contributed by atoms with Gasteiger partial charge in [-0.05, 0) is 42.5 Å². The molecule has 11 nitrogen and oxygen atoms in total. The molecule has 1 heterocycles. The summed E-state index contributed by atoms with van der Waals surface area (Å²) in [6, 6.07) is 12.9. The molecule has 3 rings (SSSR count). The van der Waals surface area contributed by atoms with Crippen molar-refractivity contribution in [3.05, 3.63) is 65.7 Å². The van der Waals surface area contributed by atoms with Gasteiger partial charge in [-0.2, -0.15) is 0 Å². The Bertz CT molecular complexity index is 1060. The van der Waals surface area contributed by atoms with Crippen molar-refractivity contribution in [3.8, 4) is 5.75 Å². The van der Waals surface area contributed by atoms with E-state index in [1.54, 1.807) is 12.1 Å². The maximum atomic E-state index is 12.9. The SMILES string of the molecule is NC(=O)C(Cc1ccccc1)NC(=O)CONC(=O)C1CCCN1C(=O)C(N)Cc1ccc(O)cc1. The number of phenols is 1. The molecule has 2 aromatic rings. The first-order valence-corrected chi connectivity index (χ1v) is 11.6. The molecule has 3 atom stereocenters. The quantitative estimate of drug-likeness (QED) is 0.260. The molecule has 2 aromatic carbocycles. The van der Waals surface area contributed by atoms with Crippen LogP contribution in [0.5, 0.6) is 5.75 Å². The van der Waals surface area contributed by atoms with E-state index in [1.807, 2.05) is 30.3 Å². The van der Waals surface area contributed by atoms with Crippen LogP contribution in [0, 0.1) is 0 Å². The number of nitrogens with one attached hydrogen (secondary N) is 2. The van der Waals surface area contributed by atoms with Crippen molar-refractivity contribution in [2.75, 3.05) is 13.2 Å². The average Bonchev–Trinajstić information content (AvgIpc) is 3.35. The third-order valence-corrected chi connectivity index (χ3v) is 5.89. The lowest BCUT2D eigenvalue weighted by molar-refractivity contribution is -0.148. The zero-order valence-electron chi connectivity index (χ0n) is 19.8. The number of carbonyl (C=O) groups is 4. The number of carbonyl (C=O) groups excluding carboxylic acids is 4. The topological polar surface area (TPSA) is 177 Å². The minimum absolute atomic E-state index is 0.116. The van der Waals surface area contributed by atoms with Gasteiger partial charge in [-0.15, -0.1) is 0 Å². The summed E-state index contributed by atoms with van der Waals surface area (Å²) >= 11 is 0. The van der Waals surface area contributed by atoms with Gasteiger partial charge in [0.1, 0.15) is 17.8 Å². The van der Waals surface area contributed by atoms with Crippen LogP contribution >= 0.6 is 0 Å². The van der Waals surface area contributed by atoms with Crippen molar-refractivity contribution in [2.24, 2.45) is 11.5 Å². The number of hydrogen-bond acceptors (Lipinski definition) is 7. The van der Waals surface area contributed by atoms with Crippen molar-refractivity contribution in [1.29, 1.82) is 0 Å². The molecule has 7 N–H and O–H groups in total. The van der Waals surface area contributed by atoms with Crippen molar-refractivity contribution < 1.29 is 29.1 Å². The molecule has 0 radical (unpaired) electrons. The van der Waals surface area contributed by atoms with Gasteiger partial charge in [0, 0.05) is 13.0 Å². The normalized spacial score (nSPS) is 16.7. The molecule has 36 heavy (non-hydrogen) atoms. The largest absolute Gasteiger partial charge is 0.508 e. The fraction of sp³-hybridized carbons (Fsp3) is 0.360. The molecular weight excluding hydrogens is 466 g/mol. The highest BCUT2D eigenvalue weighted by Crippen LogP contribution is 2.19. The third kappa shape index (κ3) is 7.52. The van der Waals surface area contributed by atoms with E-state index in [4.69, 9.17) is 16.3 Å². The second kappa shape index (κ2) is 12.7. The summed E-state index contributed by atoms with van der Waals surface area (Å²) in [5.74, 6) is -2.15. The molecule has 0 saturated carbocycles. The van der Waals surface area contributed by atoms with Crippen molar-refractivity contribution in [2.45, 2.75) is 43.8 Å². The third-order valence-electron chi connectivity index (χ3n) is 5.89. The maximum absolute atomic E-state index is 12.9. The molecule has 192 valence electrons. The number of amides is 4. The van der Waals surface area contributed by atoms with E-state index in [0.29, 0.717) is 19.4 Å². The van der Waals surface area contributed by atoms with Crippen LogP contribution in [0.2, 0.25) is 0 Å². The molecule has 1 saturated heterocycles. The molecule has 4 amide bonds. The van der Waals surface area contributed by atoms with Gasteiger partial charge in [0.25, 0.3) is 5.91 Å². The van der Waals surface area contributed by atoms with Crippen LogP contribution in [-0.4, -0.2) is 64.9 Å². The number of phenolic OH excluding ortho intramolecular Hbond substituents is 1.